The van der Waals surface area contributed by atoms with Crippen LogP contribution in [0.25, 0.3) is 0 Å². The van der Waals surface area contributed by atoms with Crippen molar-refractivity contribution in [1.82, 2.24) is 100 Å². The van der Waals surface area contributed by atoms with E-state index in [1.165, 1.54) is 187 Å². The summed E-state index contributed by atoms with van der Waals surface area (Å²) in [5, 5.41) is 17.7. The van der Waals surface area contributed by atoms with Crippen molar-refractivity contribution in [3.05, 3.63) is 0 Å². The van der Waals surface area contributed by atoms with Gasteiger partial charge in [-0.05, 0) is 383 Å². The minimum atomic E-state index is 0.634. The Balaban J connectivity index is -0.0000000334. The summed E-state index contributed by atoms with van der Waals surface area (Å²) >= 11 is 0. The Kier molecular flexibility index (Phi) is 452. The molecule has 0 aliphatic rings. The second-order valence-corrected chi connectivity index (χ2v) is 38.5. The van der Waals surface area contributed by atoms with Crippen LogP contribution in [0.1, 0.15) is 424 Å². The number of methoxy groups -OCH3 is 2. The highest BCUT2D eigenvalue weighted by atomic mass is 16.5. The molecule has 6 N–H and O–H groups in total. The van der Waals surface area contributed by atoms with Gasteiger partial charge in [0, 0.05) is 33.4 Å². The predicted molar refractivity (Wildman–Crippen MR) is 703 cm³/mol. The van der Waals surface area contributed by atoms with E-state index in [0.29, 0.717) is 6.04 Å². The molecular weight excluding hydrogens is 1780 g/mol. The Morgan fingerprint density at radius 3 is 0.299 bits per heavy atom. The SMILES string of the molecule is CCC.CCC.CCC(C)C.CCCC.CCCC.CCCC.CCCC.CCCC.CCCCC.CCCCC.CCCCN(C)C.CCCCN(C)C.CCCN(C)C.CCCN(C)C.CCN(C)C.CCN(C)C.CCN(C)C.CCN(C)C.CCN(C)C.CCN(C)C.CCNC.CCNC.CCNC.CCNC.CCNC.CN(C)C.CN(C)C.CNC(C)C.COCCN(C)C.COCCN(C)C. The van der Waals surface area contributed by atoms with Crippen molar-refractivity contribution in [2.24, 2.45) is 5.92 Å². The lowest BCUT2D eigenvalue weighted by atomic mass is 10.2. The van der Waals surface area contributed by atoms with Crippen molar-refractivity contribution in [3.63, 3.8) is 0 Å². The van der Waals surface area contributed by atoms with Crippen LogP contribution in [0.4, 0.5) is 0 Å². The summed E-state index contributed by atoms with van der Waals surface area (Å²) in [4.78, 5) is 29.7. The Bertz CT molecular complexity index is 1130. The van der Waals surface area contributed by atoms with Crippen molar-refractivity contribution in [2.45, 2.75) is 430 Å². The summed E-state index contributed by atoms with van der Waals surface area (Å²) in [7, 11) is 76.6. The molecule has 0 aliphatic heterocycles. The molecule has 0 radical (unpaired) electrons. The topological polar surface area (TPSA) is 136 Å². The highest BCUT2D eigenvalue weighted by Crippen LogP contribution is 1.94. The van der Waals surface area contributed by atoms with Gasteiger partial charge in [-0.15, -0.1) is 0 Å². The number of ether oxygens (including phenoxy) is 2. The Morgan fingerprint density at radius 2 is 0.285 bits per heavy atom. The summed E-state index contributed by atoms with van der Waals surface area (Å²) in [5.41, 5.74) is 0. The van der Waals surface area contributed by atoms with Crippen molar-refractivity contribution < 1.29 is 9.47 Å². The molecule has 0 saturated heterocycles. The summed E-state index contributed by atoms with van der Waals surface area (Å²) in [6.07, 6.45) is 32.9. The number of nitrogens with zero attached hydrogens (tertiary/aromatic N) is 14. The first-order valence-corrected chi connectivity index (χ1v) is 58.9. The number of unbranched alkanes of at least 4 members (excludes halogenated alkanes) is 11. The number of nitrogens with one attached hydrogen (secondary N) is 6. The van der Waals surface area contributed by atoms with E-state index in [0.717, 1.165) is 104 Å². The van der Waals surface area contributed by atoms with Gasteiger partial charge < -0.3 is 110 Å². The van der Waals surface area contributed by atoms with Gasteiger partial charge in [0.2, 0.25) is 0 Å². The van der Waals surface area contributed by atoms with Crippen LogP contribution in [0.5, 0.6) is 0 Å². The second-order valence-electron chi connectivity index (χ2n) is 38.5. The maximum absolute atomic E-state index is 4.81. The fourth-order valence-corrected chi connectivity index (χ4v) is 3.10. The predicted octanol–water partition coefficient (Wildman–Crippen LogP) is 28.8. The fraction of sp³-hybridized carbons (Fsp3) is 1.00. The molecule has 22 heteroatoms. The molecule has 924 valence electrons. The highest BCUT2D eigenvalue weighted by molar-refractivity contribution is 4.44. The zero-order chi connectivity index (χ0) is 122. The fourth-order valence-electron chi connectivity index (χ4n) is 3.10. The van der Waals surface area contributed by atoms with E-state index in [-0.39, 0.29) is 0 Å². The molecule has 22 nitrogen and oxygen atoms in total. The molecule has 0 atom stereocenters. The van der Waals surface area contributed by atoms with E-state index in [1.54, 1.807) is 14.2 Å². The largest absolute Gasteiger partial charge is 0.383 e. The van der Waals surface area contributed by atoms with Crippen molar-refractivity contribution in [2.75, 3.05) is 392 Å². The molecule has 0 saturated carbocycles. The summed E-state index contributed by atoms with van der Waals surface area (Å²) in [5.74, 6) is 0.884. The third kappa shape index (κ3) is 1060. The van der Waals surface area contributed by atoms with E-state index in [4.69, 9.17) is 9.47 Å². The van der Waals surface area contributed by atoms with Crippen LogP contribution >= 0.6 is 0 Å². The van der Waals surface area contributed by atoms with Crippen LogP contribution in [-0.2, 0) is 9.47 Å². The summed E-state index contributed by atoms with van der Waals surface area (Å²) in [6, 6.07) is 0.634. The standard InChI is InChI=1S/2C6H15N.2C5H13NO.2C5H13N.3C5H12.7C4H11N.5C4H10.7C3H9N.2C3H8/c2*1-4-5-6-7(2)3;2*1-6(2)4-5-7-3;2*1-4-5-6(2)3;1-4-5(2)3;2*1-3-5-4-2;6*1-4-5(2)3;1-4(2)5-3;5*1-3-4-2;2*1-4(2)3;5*1-3-4-2;2*1-3-2/h2*4-6H2,1-3H3;2*4-5H2,1-3H3;2*4-5H2,1-3H3;5H,4H2,1-3H3;2*3-5H2,1-2H3;6*4H2,1-3H3;4-5H,1-3H3;5*3-4H2,1-2H3;2*1-3H3;5*4H,3H2,1-2H3;2*3H2,1-2H3. The van der Waals surface area contributed by atoms with E-state index in [9.17, 15) is 0 Å². The molecule has 0 unspecified atom stereocenters. The molecule has 0 spiro atoms. The third-order valence-corrected chi connectivity index (χ3v) is 15.6. The van der Waals surface area contributed by atoms with E-state index >= 15 is 0 Å². The maximum Gasteiger partial charge on any atom is 0.0589 e. The lowest BCUT2D eigenvalue weighted by molar-refractivity contribution is 0.172. The van der Waals surface area contributed by atoms with Crippen molar-refractivity contribution in [1.29, 1.82) is 0 Å². The second kappa shape index (κ2) is 288. The molecule has 0 aromatic heterocycles. The van der Waals surface area contributed by atoms with Crippen molar-refractivity contribution in [3.8, 4) is 0 Å². The maximum atomic E-state index is 4.81. The van der Waals surface area contributed by atoms with Crippen LogP contribution in [0.15, 0.2) is 0 Å². The molecule has 0 rings (SSSR count). The minimum Gasteiger partial charge on any atom is -0.383 e. The Morgan fingerprint density at radius 1 is 0.181 bits per heavy atom. The summed E-state index contributed by atoms with van der Waals surface area (Å²) < 4.78 is 9.62. The molecule has 0 fully saturated rings. The first-order valence-electron chi connectivity index (χ1n) is 58.9. The van der Waals surface area contributed by atoms with Crippen molar-refractivity contribution >= 4 is 0 Å². The van der Waals surface area contributed by atoms with E-state index in [1.807, 2.05) is 123 Å². The van der Waals surface area contributed by atoms with Crippen LogP contribution in [0.3, 0.4) is 0 Å². The smallest absolute Gasteiger partial charge is 0.0589 e. The lowest BCUT2D eigenvalue weighted by Gasteiger charge is -2.06. The number of hydrogen-bond donors (Lipinski definition) is 6. The van der Waals surface area contributed by atoms with Gasteiger partial charge >= 0.3 is 0 Å². The van der Waals surface area contributed by atoms with Gasteiger partial charge in [-0.2, -0.15) is 0 Å². The zero-order valence-electron chi connectivity index (χ0n) is 118. The van der Waals surface area contributed by atoms with Crippen LogP contribution in [0, 0.1) is 5.92 Å². The molecule has 0 aliphatic carbocycles. The van der Waals surface area contributed by atoms with E-state index < -0.39 is 0 Å². The minimum absolute atomic E-state index is 0.634. The first-order chi connectivity index (χ1) is 67.0. The highest BCUT2D eigenvalue weighted by Gasteiger charge is 1.88. The first kappa shape index (κ1) is 226. The molecular formula is C122H324N20O2. The van der Waals surface area contributed by atoms with Gasteiger partial charge in [-0.3, -0.25) is 0 Å². The van der Waals surface area contributed by atoms with Gasteiger partial charge in [-0.25, -0.2) is 0 Å². The molecule has 0 aromatic carbocycles. The Hall–Kier alpha value is -0.880. The van der Waals surface area contributed by atoms with Gasteiger partial charge in [0.05, 0.1) is 13.2 Å². The zero-order valence-corrected chi connectivity index (χ0v) is 118. The van der Waals surface area contributed by atoms with Crippen LogP contribution in [-0.4, -0.2) is 467 Å². The molecule has 0 aromatic rings. The van der Waals surface area contributed by atoms with Gasteiger partial charge in [-0.1, -0.05) is 398 Å². The lowest BCUT2D eigenvalue weighted by Crippen LogP contribution is -2.16. The monoisotopic (exact) mass is 2100 g/mol. The van der Waals surface area contributed by atoms with Gasteiger partial charge in [0.1, 0.15) is 0 Å². The van der Waals surface area contributed by atoms with E-state index in [2.05, 4.69) is 495 Å². The summed E-state index contributed by atoms with van der Waals surface area (Å²) in [6.45, 7) is 103. The number of likely N-dealkylation sites (N-methyl/N-ethyl adjacent to an activating group) is 2. The Labute approximate surface area is 932 Å². The van der Waals surface area contributed by atoms with Crippen LogP contribution < -0.4 is 31.9 Å². The van der Waals surface area contributed by atoms with Gasteiger partial charge in [0.25, 0.3) is 0 Å². The number of hydrogen-bond acceptors (Lipinski definition) is 22. The van der Waals surface area contributed by atoms with Gasteiger partial charge in [0.15, 0.2) is 0 Å². The third-order valence-electron chi connectivity index (χ3n) is 15.6. The molecule has 144 heavy (non-hydrogen) atoms. The molecule has 0 heterocycles. The molecule has 0 bridgehead atoms. The average Bonchev–Trinajstić information content (AvgIpc) is 1.16. The van der Waals surface area contributed by atoms with Crippen LogP contribution in [0.2, 0.25) is 0 Å². The number of rotatable bonds is 38. The molecule has 0 amide bonds. The normalized spacial score (nSPS) is 8.92. The quantitative estimate of drug-likeness (QED) is 0.0350. The average molecular weight is 2100 g/mol.